The highest BCUT2D eigenvalue weighted by Gasteiger charge is 2.32. The largest absolute Gasteiger partial charge is 0.465 e. The maximum atomic E-state index is 12.6. The minimum atomic E-state index is -3.49. The Bertz CT molecular complexity index is 562. The fraction of sp³-hybridized carbons (Fsp3) is 0.462. The molecule has 0 radical (unpaired) electrons. The Hall–Kier alpha value is -1.40. The molecule has 0 atom stereocenters. The highest BCUT2D eigenvalue weighted by molar-refractivity contribution is 7.92. The minimum Gasteiger partial charge on any atom is -0.465 e. The second kappa shape index (κ2) is 5.71. The molecular weight excluding hydrogens is 266 g/mol. The van der Waals surface area contributed by atoms with Crippen molar-refractivity contribution in [3.05, 3.63) is 29.8 Å². The Balaban J connectivity index is 2.42. The topological polar surface area (TPSA) is 72.5 Å². The van der Waals surface area contributed by atoms with Crippen LogP contribution in [0.1, 0.15) is 23.2 Å². The van der Waals surface area contributed by atoms with E-state index in [9.17, 15) is 13.2 Å². The Morgan fingerprint density at radius 3 is 2.53 bits per heavy atom. The van der Waals surface area contributed by atoms with Gasteiger partial charge in [-0.25, -0.2) is 13.2 Å². The van der Waals surface area contributed by atoms with Gasteiger partial charge in [-0.15, -0.1) is 0 Å². The number of rotatable bonds is 3. The van der Waals surface area contributed by atoms with Crippen LogP contribution in [-0.2, 0) is 14.6 Å². The van der Waals surface area contributed by atoms with Crippen molar-refractivity contribution in [2.45, 2.75) is 23.0 Å². The number of ether oxygens (including phenoxy) is 1. The van der Waals surface area contributed by atoms with Crippen LogP contribution >= 0.6 is 0 Å². The standard InChI is InChI=1S/C13H17NO4S/c1-18-13(15)11-4-2-3-5-12(11)19(16,17)10-6-8-14-9-7-10/h2-5,10,14H,6-9H2,1H3. The van der Waals surface area contributed by atoms with Crippen LogP contribution in [0, 0.1) is 0 Å². The van der Waals surface area contributed by atoms with E-state index >= 15 is 0 Å². The van der Waals surface area contributed by atoms with E-state index < -0.39 is 21.1 Å². The van der Waals surface area contributed by atoms with Gasteiger partial charge in [0.25, 0.3) is 0 Å². The summed E-state index contributed by atoms with van der Waals surface area (Å²) in [7, 11) is -2.24. The SMILES string of the molecule is COC(=O)c1ccccc1S(=O)(=O)C1CCNCC1. The molecule has 5 nitrogen and oxygen atoms in total. The third-order valence-corrected chi connectivity index (χ3v) is 5.64. The van der Waals surface area contributed by atoms with E-state index in [2.05, 4.69) is 10.1 Å². The Morgan fingerprint density at radius 2 is 1.89 bits per heavy atom. The van der Waals surface area contributed by atoms with Crippen molar-refractivity contribution in [2.24, 2.45) is 0 Å². The molecule has 0 aromatic heterocycles. The van der Waals surface area contributed by atoms with Crippen LogP contribution in [0.25, 0.3) is 0 Å². The number of carbonyl (C=O) groups is 1. The van der Waals surface area contributed by atoms with Crippen molar-refractivity contribution >= 4 is 15.8 Å². The lowest BCUT2D eigenvalue weighted by atomic mass is 10.2. The molecule has 104 valence electrons. The predicted molar refractivity (Wildman–Crippen MR) is 70.9 cm³/mol. The fourth-order valence-corrected chi connectivity index (χ4v) is 4.22. The normalized spacial score (nSPS) is 17.1. The quantitative estimate of drug-likeness (QED) is 0.838. The number of hydrogen-bond acceptors (Lipinski definition) is 5. The summed E-state index contributed by atoms with van der Waals surface area (Å²) >= 11 is 0. The fourth-order valence-electron chi connectivity index (χ4n) is 2.28. The summed E-state index contributed by atoms with van der Waals surface area (Å²) < 4.78 is 29.8. The van der Waals surface area contributed by atoms with Crippen LogP contribution in [0.15, 0.2) is 29.2 Å². The average Bonchev–Trinajstić information content (AvgIpc) is 2.47. The number of hydrogen-bond donors (Lipinski definition) is 1. The van der Waals surface area contributed by atoms with E-state index in [4.69, 9.17) is 0 Å². The van der Waals surface area contributed by atoms with Crippen LogP contribution in [0.5, 0.6) is 0 Å². The van der Waals surface area contributed by atoms with Crippen molar-refractivity contribution < 1.29 is 17.9 Å². The van der Waals surface area contributed by atoms with Crippen LogP contribution in [-0.4, -0.2) is 39.8 Å². The molecule has 0 aliphatic carbocycles. The molecule has 2 rings (SSSR count). The number of methoxy groups -OCH3 is 1. The molecule has 0 saturated carbocycles. The molecule has 1 aliphatic heterocycles. The van der Waals surface area contributed by atoms with E-state index in [1.165, 1.54) is 19.2 Å². The summed E-state index contributed by atoms with van der Waals surface area (Å²) in [5, 5.41) is 2.70. The molecule has 1 heterocycles. The second-order valence-corrected chi connectivity index (χ2v) is 6.68. The summed E-state index contributed by atoms with van der Waals surface area (Å²) in [5.41, 5.74) is 0.114. The molecule has 1 fully saturated rings. The molecule has 1 aromatic rings. The lowest BCUT2D eigenvalue weighted by Crippen LogP contribution is -2.36. The van der Waals surface area contributed by atoms with E-state index in [0.29, 0.717) is 25.9 Å². The van der Waals surface area contributed by atoms with Crippen molar-refractivity contribution in [3.8, 4) is 0 Å². The maximum Gasteiger partial charge on any atom is 0.339 e. The minimum absolute atomic E-state index is 0.0775. The number of esters is 1. The van der Waals surface area contributed by atoms with Gasteiger partial charge < -0.3 is 10.1 Å². The van der Waals surface area contributed by atoms with E-state index in [0.717, 1.165) is 0 Å². The molecule has 0 bridgehead atoms. The van der Waals surface area contributed by atoms with Crippen molar-refractivity contribution in [1.29, 1.82) is 0 Å². The van der Waals surface area contributed by atoms with Gasteiger partial charge in [0.15, 0.2) is 9.84 Å². The molecule has 1 aromatic carbocycles. The number of benzene rings is 1. The first-order valence-electron chi connectivity index (χ1n) is 6.19. The molecule has 0 amide bonds. The van der Waals surface area contributed by atoms with Gasteiger partial charge >= 0.3 is 5.97 Å². The van der Waals surface area contributed by atoms with E-state index in [-0.39, 0.29) is 10.5 Å². The van der Waals surface area contributed by atoms with Crippen LogP contribution in [0.3, 0.4) is 0 Å². The van der Waals surface area contributed by atoms with Gasteiger partial charge in [0, 0.05) is 0 Å². The van der Waals surface area contributed by atoms with Gasteiger partial charge in [-0.2, -0.15) is 0 Å². The maximum absolute atomic E-state index is 12.6. The summed E-state index contributed by atoms with van der Waals surface area (Å²) in [6, 6.07) is 6.22. The van der Waals surface area contributed by atoms with Gasteiger partial charge in [0.2, 0.25) is 0 Å². The number of nitrogens with one attached hydrogen (secondary N) is 1. The molecule has 1 N–H and O–H groups in total. The Labute approximate surface area is 112 Å². The van der Waals surface area contributed by atoms with E-state index in [1.54, 1.807) is 12.1 Å². The summed E-state index contributed by atoms with van der Waals surface area (Å²) in [6.45, 7) is 1.37. The molecule has 6 heteroatoms. The zero-order chi connectivity index (χ0) is 13.9. The average molecular weight is 283 g/mol. The molecule has 19 heavy (non-hydrogen) atoms. The highest BCUT2D eigenvalue weighted by atomic mass is 32.2. The summed E-state index contributed by atoms with van der Waals surface area (Å²) in [5.74, 6) is -0.617. The Kier molecular flexibility index (Phi) is 4.21. The lowest BCUT2D eigenvalue weighted by Gasteiger charge is -2.23. The van der Waals surface area contributed by atoms with Crippen LogP contribution in [0.4, 0.5) is 0 Å². The molecule has 0 spiro atoms. The smallest absolute Gasteiger partial charge is 0.339 e. The van der Waals surface area contributed by atoms with Crippen LogP contribution in [0.2, 0.25) is 0 Å². The highest BCUT2D eigenvalue weighted by Crippen LogP contribution is 2.25. The molecule has 1 saturated heterocycles. The summed E-state index contributed by atoms with van der Waals surface area (Å²) in [6.07, 6.45) is 1.13. The first kappa shape index (κ1) is 14.0. The van der Waals surface area contributed by atoms with Gasteiger partial charge in [0.05, 0.1) is 22.8 Å². The lowest BCUT2D eigenvalue weighted by molar-refractivity contribution is 0.0596. The zero-order valence-electron chi connectivity index (χ0n) is 10.8. The molecule has 0 unspecified atom stereocenters. The first-order valence-corrected chi connectivity index (χ1v) is 7.74. The van der Waals surface area contributed by atoms with Crippen molar-refractivity contribution in [3.63, 3.8) is 0 Å². The third kappa shape index (κ3) is 2.79. The van der Waals surface area contributed by atoms with Gasteiger partial charge in [0.1, 0.15) is 0 Å². The molecule has 1 aliphatic rings. The number of piperidine rings is 1. The predicted octanol–water partition coefficient (Wildman–Crippen LogP) is 0.999. The monoisotopic (exact) mass is 283 g/mol. The van der Waals surface area contributed by atoms with Gasteiger partial charge in [-0.1, -0.05) is 12.1 Å². The van der Waals surface area contributed by atoms with Crippen LogP contribution < -0.4 is 5.32 Å². The Morgan fingerprint density at radius 1 is 1.26 bits per heavy atom. The van der Waals surface area contributed by atoms with Crippen molar-refractivity contribution in [1.82, 2.24) is 5.32 Å². The first-order chi connectivity index (χ1) is 9.07. The second-order valence-electron chi connectivity index (χ2n) is 4.48. The summed E-state index contributed by atoms with van der Waals surface area (Å²) in [4.78, 5) is 11.7. The molecular formula is C13H17NO4S. The van der Waals surface area contributed by atoms with Crippen molar-refractivity contribution in [2.75, 3.05) is 20.2 Å². The number of carbonyl (C=O) groups excluding carboxylic acids is 1. The van der Waals surface area contributed by atoms with Gasteiger partial charge in [-0.3, -0.25) is 0 Å². The van der Waals surface area contributed by atoms with Gasteiger partial charge in [-0.05, 0) is 38.1 Å². The zero-order valence-corrected chi connectivity index (χ0v) is 11.6. The number of sulfone groups is 1. The third-order valence-electron chi connectivity index (χ3n) is 3.32. The van der Waals surface area contributed by atoms with E-state index in [1.807, 2.05) is 0 Å².